The number of benzene rings is 1. The Hall–Kier alpha value is -2.28. The number of hydrogen-bond donors (Lipinski definition) is 1. The van der Waals surface area contributed by atoms with Gasteiger partial charge in [0.25, 0.3) is 0 Å². The average molecular weight is 415 g/mol. The highest BCUT2D eigenvalue weighted by Gasteiger charge is 2.24. The van der Waals surface area contributed by atoms with Gasteiger partial charge in [0, 0.05) is 31.3 Å². The smallest absolute Gasteiger partial charge is 0.226 e. The summed E-state index contributed by atoms with van der Waals surface area (Å²) in [6.07, 6.45) is 3.53. The van der Waals surface area contributed by atoms with Crippen molar-refractivity contribution in [1.82, 2.24) is 15.1 Å². The van der Waals surface area contributed by atoms with E-state index in [-0.39, 0.29) is 30.1 Å². The molecule has 2 aromatic rings. The van der Waals surface area contributed by atoms with E-state index in [0.29, 0.717) is 11.0 Å². The highest BCUT2D eigenvalue weighted by molar-refractivity contribution is 7.15. The molecular formula is C22H30N4O2S. The maximum absolute atomic E-state index is 12.5. The molecule has 1 fully saturated rings. The third-order valence-electron chi connectivity index (χ3n) is 5.21. The lowest BCUT2D eigenvalue weighted by molar-refractivity contribution is -0.134. The largest absolute Gasteiger partial charge is 0.343 e. The molecule has 29 heavy (non-hydrogen) atoms. The van der Waals surface area contributed by atoms with Crippen LogP contribution in [0.15, 0.2) is 30.3 Å². The minimum atomic E-state index is -0.186. The standard InChI is InChI=1S/C22H30N4O2S/c1-22(2,3)20-24-25-21(29-20)23-18(27)9-10-19(28)26-13-11-17(12-14-26)15-16-7-5-4-6-8-16/h4-8,17H,9-15H2,1-3H3,(H,23,25,27). The second-order valence-corrected chi connectivity index (χ2v) is 9.70. The van der Waals surface area contributed by atoms with Gasteiger partial charge in [0.15, 0.2) is 0 Å². The molecule has 0 spiro atoms. The fraction of sp³-hybridized carbons (Fsp3) is 0.545. The van der Waals surface area contributed by atoms with Crippen LogP contribution >= 0.6 is 11.3 Å². The van der Waals surface area contributed by atoms with Crippen LogP contribution in [0.5, 0.6) is 0 Å². The SMILES string of the molecule is CC(C)(C)c1nnc(NC(=O)CCC(=O)N2CCC(Cc3ccccc3)CC2)s1. The first kappa shape index (κ1) is 21.4. The molecule has 156 valence electrons. The fourth-order valence-corrected chi connectivity index (χ4v) is 4.29. The van der Waals surface area contributed by atoms with Gasteiger partial charge < -0.3 is 10.2 Å². The zero-order chi connectivity index (χ0) is 20.9. The number of anilines is 1. The van der Waals surface area contributed by atoms with E-state index in [2.05, 4.69) is 60.6 Å². The fourth-order valence-electron chi connectivity index (χ4n) is 3.47. The van der Waals surface area contributed by atoms with Crippen LogP contribution in [0.4, 0.5) is 5.13 Å². The molecule has 0 atom stereocenters. The summed E-state index contributed by atoms with van der Waals surface area (Å²) < 4.78 is 0. The van der Waals surface area contributed by atoms with Crippen molar-refractivity contribution in [1.29, 1.82) is 0 Å². The van der Waals surface area contributed by atoms with Crippen LogP contribution in [0, 0.1) is 5.92 Å². The van der Waals surface area contributed by atoms with Gasteiger partial charge in [-0.2, -0.15) is 0 Å². The maximum atomic E-state index is 12.5. The van der Waals surface area contributed by atoms with Gasteiger partial charge in [-0.1, -0.05) is 62.4 Å². The lowest BCUT2D eigenvalue weighted by Gasteiger charge is -2.32. The first-order chi connectivity index (χ1) is 13.8. The zero-order valence-electron chi connectivity index (χ0n) is 17.5. The Morgan fingerprint density at radius 1 is 1.10 bits per heavy atom. The van der Waals surface area contributed by atoms with Crippen LogP contribution in [-0.4, -0.2) is 40.0 Å². The van der Waals surface area contributed by atoms with Crippen LogP contribution in [0.1, 0.15) is 57.0 Å². The number of amides is 2. The van der Waals surface area contributed by atoms with Crippen molar-refractivity contribution >= 4 is 28.3 Å². The number of aromatic nitrogens is 2. The summed E-state index contributed by atoms with van der Waals surface area (Å²) in [5.74, 6) is 0.499. The molecule has 1 aliphatic heterocycles. The van der Waals surface area contributed by atoms with E-state index >= 15 is 0 Å². The Morgan fingerprint density at radius 3 is 2.41 bits per heavy atom. The number of carbonyl (C=O) groups excluding carboxylic acids is 2. The lowest BCUT2D eigenvalue weighted by Crippen LogP contribution is -2.39. The predicted octanol–water partition coefficient (Wildman–Crippen LogP) is 4.04. The summed E-state index contributed by atoms with van der Waals surface area (Å²) in [5.41, 5.74) is 1.27. The molecule has 0 bridgehead atoms. The molecule has 6 nitrogen and oxygen atoms in total. The van der Waals surface area contributed by atoms with Crippen molar-refractivity contribution in [2.24, 2.45) is 5.92 Å². The molecule has 7 heteroatoms. The normalized spacial score (nSPS) is 15.3. The number of nitrogens with zero attached hydrogens (tertiary/aromatic N) is 3. The Morgan fingerprint density at radius 2 is 1.79 bits per heavy atom. The first-order valence-corrected chi connectivity index (χ1v) is 11.1. The van der Waals surface area contributed by atoms with E-state index in [1.807, 2.05) is 11.0 Å². The van der Waals surface area contributed by atoms with Crippen molar-refractivity contribution in [2.75, 3.05) is 18.4 Å². The molecule has 1 saturated heterocycles. The van der Waals surface area contributed by atoms with E-state index in [9.17, 15) is 9.59 Å². The van der Waals surface area contributed by atoms with E-state index in [1.165, 1.54) is 16.9 Å². The highest BCUT2D eigenvalue weighted by atomic mass is 32.1. The van der Waals surface area contributed by atoms with Gasteiger partial charge in [0.05, 0.1) is 0 Å². The molecule has 1 aromatic heterocycles. The predicted molar refractivity (Wildman–Crippen MR) is 116 cm³/mol. The number of carbonyl (C=O) groups is 2. The third-order valence-corrected chi connectivity index (χ3v) is 6.48. The Bertz CT molecular complexity index is 821. The molecule has 3 rings (SSSR count). The molecule has 0 unspecified atom stereocenters. The van der Waals surface area contributed by atoms with Gasteiger partial charge >= 0.3 is 0 Å². The van der Waals surface area contributed by atoms with Gasteiger partial charge in [-0.05, 0) is 30.7 Å². The average Bonchev–Trinajstić information content (AvgIpc) is 3.16. The van der Waals surface area contributed by atoms with Gasteiger partial charge in [-0.25, -0.2) is 0 Å². The molecular weight excluding hydrogens is 384 g/mol. The van der Waals surface area contributed by atoms with Crippen molar-refractivity contribution in [3.05, 3.63) is 40.9 Å². The van der Waals surface area contributed by atoms with Crippen molar-refractivity contribution in [3.63, 3.8) is 0 Å². The zero-order valence-corrected chi connectivity index (χ0v) is 18.3. The maximum Gasteiger partial charge on any atom is 0.226 e. The van der Waals surface area contributed by atoms with Crippen LogP contribution in [0.2, 0.25) is 0 Å². The monoisotopic (exact) mass is 414 g/mol. The summed E-state index contributed by atoms with van der Waals surface area (Å²) >= 11 is 1.38. The molecule has 1 aliphatic rings. The second-order valence-electron chi connectivity index (χ2n) is 8.72. The Labute approximate surface area is 176 Å². The molecule has 1 N–H and O–H groups in total. The summed E-state index contributed by atoms with van der Waals surface area (Å²) in [7, 11) is 0. The van der Waals surface area contributed by atoms with Crippen molar-refractivity contribution in [3.8, 4) is 0 Å². The quantitative estimate of drug-likeness (QED) is 0.774. The summed E-state index contributed by atoms with van der Waals surface area (Å²) in [6, 6.07) is 10.5. The molecule has 0 radical (unpaired) electrons. The molecule has 0 saturated carbocycles. The number of rotatable bonds is 6. The minimum absolute atomic E-state index is 0.0611. The summed E-state index contributed by atoms with van der Waals surface area (Å²) in [5, 5.41) is 12.3. The number of likely N-dealkylation sites (tertiary alicyclic amines) is 1. The van der Waals surface area contributed by atoms with Crippen molar-refractivity contribution < 1.29 is 9.59 Å². The van der Waals surface area contributed by atoms with E-state index in [1.54, 1.807) is 0 Å². The highest BCUT2D eigenvalue weighted by Crippen LogP contribution is 2.28. The van der Waals surface area contributed by atoms with Crippen LogP contribution in [0.25, 0.3) is 0 Å². The minimum Gasteiger partial charge on any atom is -0.343 e. The molecule has 2 amide bonds. The Kier molecular flexibility index (Phi) is 7.00. The van der Waals surface area contributed by atoms with E-state index in [0.717, 1.165) is 37.4 Å². The number of hydrogen-bond acceptors (Lipinski definition) is 5. The van der Waals surface area contributed by atoms with Crippen molar-refractivity contribution in [2.45, 2.75) is 58.3 Å². The van der Waals surface area contributed by atoms with Gasteiger partial charge in [0.1, 0.15) is 5.01 Å². The van der Waals surface area contributed by atoms with Gasteiger partial charge in [0.2, 0.25) is 16.9 Å². The summed E-state index contributed by atoms with van der Waals surface area (Å²) in [4.78, 5) is 26.5. The van der Waals surface area contributed by atoms with E-state index < -0.39 is 0 Å². The first-order valence-electron chi connectivity index (χ1n) is 10.3. The summed E-state index contributed by atoms with van der Waals surface area (Å²) in [6.45, 7) is 7.73. The number of nitrogens with one attached hydrogen (secondary N) is 1. The van der Waals surface area contributed by atoms with Gasteiger partial charge in [-0.15, -0.1) is 10.2 Å². The second kappa shape index (κ2) is 9.48. The Balaban J connectivity index is 1.38. The van der Waals surface area contributed by atoms with Crippen LogP contribution in [0.3, 0.4) is 0 Å². The lowest BCUT2D eigenvalue weighted by atomic mass is 9.90. The molecule has 0 aliphatic carbocycles. The molecule has 2 heterocycles. The number of piperidine rings is 1. The van der Waals surface area contributed by atoms with Crippen LogP contribution in [-0.2, 0) is 21.4 Å². The van der Waals surface area contributed by atoms with Crippen LogP contribution < -0.4 is 5.32 Å². The van der Waals surface area contributed by atoms with Gasteiger partial charge in [-0.3, -0.25) is 9.59 Å². The molecule has 1 aromatic carbocycles. The third kappa shape index (κ3) is 6.35. The topological polar surface area (TPSA) is 75.2 Å². The van der Waals surface area contributed by atoms with E-state index in [4.69, 9.17) is 0 Å².